The summed E-state index contributed by atoms with van der Waals surface area (Å²) in [5, 5.41) is 42.9. The number of phenolic OH excluding ortho intramolecular Hbond substituents is 2. The predicted octanol–water partition coefficient (Wildman–Crippen LogP) is 3.68. The molecule has 1 aliphatic rings. The Kier molecular flexibility index (Phi) is 6.13. The van der Waals surface area contributed by atoms with E-state index in [-0.39, 0.29) is 49.2 Å². The smallest absolute Gasteiger partial charge is 0.202 e. The van der Waals surface area contributed by atoms with Crippen LogP contribution in [-0.4, -0.2) is 51.6 Å². The average Bonchev–Trinajstić information content (AvgIpc) is 2.68. The normalized spacial score (nSPS) is 20.6. The number of aromatic hydroxyl groups is 2. The van der Waals surface area contributed by atoms with E-state index in [1.807, 2.05) is 11.9 Å². The topological polar surface area (TPSA) is 114 Å². The maximum absolute atomic E-state index is 13.5. The number of rotatable bonds is 3. The Balaban J connectivity index is 1.96. The summed E-state index contributed by atoms with van der Waals surface area (Å²) in [6, 6.07) is 5.76. The molecular formula is C23H23Cl2NO6. The van der Waals surface area contributed by atoms with E-state index in [4.69, 9.17) is 27.6 Å². The van der Waals surface area contributed by atoms with E-state index < -0.39 is 29.3 Å². The zero-order valence-electron chi connectivity index (χ0n) is 17.5. The molecule has 0 saturated carbocycles. The number of hydrogen-bond acceptors (Lipinski definition) is 7. The van der Waals surface area contributed by atoms with E-state index in [0.717, 1.165) is 6.07 Å². The first-order valence-corrected chi connectivity index (χ1v) is 10.9. The fourth-order valence-electron chi connectivity index (χ4n) is 4.49. The highest BCUT2D eigenvalue weighted by Crippen LogP contribution is 2.43. The quantitative estimate of drug-likeness (QED) is 0.452. The summed E-state index contributed by atoms with van der Waals surface area (Å²) in [6.45, 7) is 2.56. The number of aryl methyl sites for hydroxylation is 1. The van der Waals surface area contributed by atoms with Crippen LogP contribution in [0.1, 0.15) is 40.9 Å². The Morgan fingerprint density at radius 1 is 1.16 bits per heavy atom. The highest BCUT2D eigenvalue weighted by molar-refractivity contribution is 6.36. The van der Waals surface area contributed by atoms with Gasteiger partial charge in [0.1, 0.15) is 34.3 Å². The molecule has 0 bridgehead atoms. The summed E-state index contributed by atoms with van der Waals surface area (Å²) in [7, 11) is 1.88. The number of likely N-dealkylation sites (tertiary alicyclic amines) is 1. The second-order valence-corrected chi connectivity index (χ2v) is 9.01. The number of likely N-dealkylation sites (N-methyl/N-ethyl adjacent to an activating group) is 1. The molecule has 9 heteroatoms. The molecule has 2 heterocycles. The third-order valence-corrected chi connectivity index (χ3v) is 6.74. The van der Waals surface area contributed by atoms with Crippen molar-refractivity contribution in [3.63, 3.8) is 0 Å². The van der Waals surface area contributed by atoms with Gasteiger partial charge in [-0.05, 0) is 39.1 Å². The molecule has 1 fully saturated rings. The maximum Gasteiger partial charge on any atom is 0.202 e. The fraction of sp³-hybridized carbons (Fsp3) is 0.348. The van der Waals surface area contributed by atoms with Crippen LogP contribution in [0, 0.1) is 6.92 Å². The first-order chi connectivity index (χ1) is 15.1. The maximum atomic E-state index is 13.5. The Labute approximate surface area is 194 Å². The number of halogens is 2. The predicted molar refractivity (Wildman–Crippen MR) is 122 cm³/mol. The molecule has 170 valence electrons. The van der Waals surface area contributed by atoms with Gasteiger partial charge in [0.05, 0.1) is 11.7 Å². The minimum Gasteiger partial charge on any atom is -0.507 e. The van der Waals surface area contributed by atoms with Crippen LogP contribution >= 0.6 is 23.2 Å². The van der Waals surface area contributed by atoms with E-state index in [1.165, 1.54) is 6.92 Å². The number of aliphatic hydroxyl groups is 2. The number of β-amino-alcohol motifs (C(OH)–C–C–N with tert-alkyl or cyclic N) is 1. The first kappa shape index (κ1) is 22.9. The van der Waals surface area contributed by atoms with Crippen molar-refractivity contribution >= 4 is 34.2 Å². The number of aliphatic hydroxyl groups excluding tert-OH is 2. The van der Waals surface area contributed by atoms with Crippen LogP contribution in [0.3, 0.4) is 0 Å². The van der Waals surface area contributed by atoms with Crippen molar-refractivity contribution < 1.29 is 24.8 Å². The van der Waals surface area contributed by atoms with Crippen LogP contribution in [-0.2, 0) is 0 Å². The molecule has 0 spiro atoms. The Morgan fingerprint density at radius 3 is 2.44 bits per heavy atom. The van der Waals surface area contributed by atoms with E-state index in [2.05, 4.69) is 0 Å². The first-order valence-electron chi connectivity index (χ1n) is 10.1. The molecule has 1 aromatic heterocycles. The van der Waals surface area contributed by atoms with Crippen molar-refractivity contribution in [2.45, 2.75) is 31.5 Å². The van der Waals surface area contributed by atoms with Crippen molar-refractivity contribution in [3.8, 4) is 11.5 Å². The van der Waals surface area contributed by atoms with Gasteiger partial charge in [0.25, 0.3) is 0 Å². The number of hydrogen-bond donors (Lipinski definition) is 4. The zero-order valence-corrected chi connectivity index (χ0v) is 19.0. The van der Waals surface area contributed by atoms with E-state index >= 15 is 0 Å². The lowest BCUT2D eigenvalue weighted by molar-refractivity contribution is 0.0630. The van der Waals surface area contributed by atoms with E-state index in [0.29, 0.717) is 19.5 Å². The lowest BCUT2D eigenvalue weighted by Crippen LogP contribution is -2.40. The van der Waals surface area contributed by atoms with E-state index in [9.17, 15) is 25.2 Å². The Hall–Kier alpha value is -2.29. The molecule has 1 saturated heterocycles. The molecule has 4 rings (SSSR count). The van der Waals surface area contributed by atoms with Crippen molar-refractivity contribution in [3.05, 3.63) is 67.0 Å². The second-order valence-electron chi connectivity index (χ2n) is 8.20. The van der Waals surface area contributed by atoms with Gasteiger partial charge in [-0.1, -0.05) is 29.3 Å². The average molecular weight is 480 g/mol. The molecule has 0 amide bonds. The number of fused-ring (bicyclic) bond motifs is 1. The van der Waals surface area contributed by atoms with Gasteiger partial charge in [-0.2, -0.15) is 0 Å². The van der Waals surface area contributed by atoms with Crippen LogP contribution in [0.2, 0.25) is 10.0 Å². The lowest BCUT2D eigenvalue weighted by atomic mass is 9.85. The van der Waals surface area contributed by atoms with Crippen molar-refractivity contribution in [2.75, 3.05) is 20.1 Å². The molecule has 3 atom stereocenters. The van der Waals surface area contributed by atoms with Gasteiger partial charge in [-0.25, -0.2) is 0 Å². The number of benzene rings is 2. The highest BCUT2D eigenvalue weighted by Gasteiger charge is 2.34. The van der Waals surface area contributed by atoms with Crippen LogP contribution < -0.4 is 5.43 Å². The van der Waals surface area contributed by atoms with Gasteiger partial charge >= 0.3 is 0 Å². The number of phenols is 2. The monoisotopic (exact) mass is 479 g/mol. The lowest BCUT2D eigenvalue weighted by Gasteiger charge is -2.34. The highest BCUT2D eigenvalue weighted by atomic mass is 35.5. The SMILES string of the molecule is Cc1oc2c([C@H]3CCN(C)C[C@H]3O)c(O)cc(O)c2c(=O)c1C(O)c1c(Cl)cccc1Cl. The van der Waals surface area contributed by atoms with Gasteiger partial charge in [-0.15, -0.1) is 0 Å². The standard InChI is InChI=1S/C23H23Cl2NO6/c1-10-17(21(30)19-12(24)4-3-5-13(19)25)22(31)20-15(28)8-14(27)18(23(20)32-10)11-6-7-26(2)9-16(11)29/h3-5,8,11,16,21,27-30H,6-7,9H2,1-2H3/t11-,16+,21?/m0/s1. The summed E-state index contributed by atoms with van der Waals surface area (Å²) in [5.41, 5.74) is -0.401. The van der Waals surface area contributed by atoms with Crippen molar-refractivity contribution in [2.24, 2.45) is 0 Å². The summed E-state index contributed by atoms with van der Waals surface area (Å²) < 4.78 is 5.93. The Morgan fingerprint density at radius 2 is 1.81 bits per heavy atom. The van der Waals surface area contributed by atoms with Gasteiger partial charge in [0, 0.05) is 39.7 Å². The molecule has 32 heavy (non-hydrogen) atoms. The molecule has 2 aromatic carbocycles. The minimum atomic E-state index is -1.50. The molecular weight excluding hydrogens is 457 g/mol. The molecule has 4 N–H and O–H groups in total. The molecule has 3 aromatic rings. The summed E-state index contributed by atoms with van der Waals surface area (Å²) in [4.78, 5) is 15.4. The summed E-state index contributed by atoms with van der Waals surface area (Å²) in [6.07, 6.45) is -1.78. The fourth-order valence-corrected chi connectivity index (χ4v) is 5.10. The van der Waals surface area contributed by atoms with Crippen molar-refractivity contribution in [1.29, 1.82) is 0 Å². The summed E-state index contributed by atoms with van der Waals surface area (Å²) in [5.74, 6) is -1.17. The van der Waals surface area contributed by atoms with Gasteiger partial charge in [0.15, 0.2) is 0 Å². The van der Waals surface area contributed by atoms with Crippen LogP contribution in [0.25, 0.3) is 11.0 Å². The van der Waals surface area contributed by atoms with Crippen molar-refractivity contribution in [1.82, 2.24) is 4.90 Å². The van der Waals surface area contributed by atoms with Gasteiger partial charge in [0.2, 0.25) is 5.43 Å². The summed E-state index contributed by atoms with van der Waals surface area (Å²) >= 11 is 12.4. The molecule has 0 aliphatic carbocycles. The third-order valence-electron chi connectivity index (χ3n) is 6.09. The van der Waals surface area contributed by atoms with Gasteiger partial charge in [-0.3, -0.25) is 4.79 Å². The van der Waals surface area contributed by atoms with E-state index in [1.54, 1.807) is 18.2 Å². The Bertz CT molecular complexity index is 1240. The number of nitrogens with zero attached hydrogens (tertiary/aromatic N) is 1. The molecule has 7 nitrogen and oxygen atoms in total. The largest absolute Gasteiger partial charge is 0.507 e. The molecule has 1 aliphatic heterocycles. The zero-order chi connectivity index (χ0) is 23.3. The second kappa shape index (κ2) is 8.57. The van der Waals surface area contributed by atoms with Crippen LogP contribution in [0.4, 0.5) is 0 Å². The van der Waals surface area contributed by atoms with Crippen LogP contribution in [0.15, 0.2) is 33.5 Å². The molecule has 0 radical (unpaired) electrons. The minimum absolute atomic E-state index is 0.0141. The molecule has 1 unspecified atom stereocenters. The van der Waals surface area contributed by atoms with Gasteiger partial charge < -0.3 is 29.7 Å². The number of piperidine rings is 1. The third kappa shape index (κ3) is 3.74. The van der Waals surface area contributed by atoms with Crippen LogP contribution in [0.5, 0.6) is 11.5 Å².